The van der Waals surface area contributed by atoms with Gasteiger partial charge in [-0.2, -0.15) is 0 Å². The quantitative estimate of drug-likeness (QED) is 0.683. The molecule has 1 amide bonds. The Labute approximate surface area is 97.7 Å². The summed E-state index contributed by atoms with van der Waals surface area (Å²) in [6.45, 7) is 6.49. The first kappa shape index (κ1) is 13.4. The lowest BCUT2D eigenvalue weighted by Crippen LogP contribution is -2.48. The highest BCUT2D eigenvalue weighted by Crippen LogP contribution is 2.00. The summed E-state index contributed by atoms with van der Waals surface area (Å²) in [5.74, 6) is 0.107. The molecule has 5 heteroatoms. The van der Waals surface area contributed by atoms with E-state index in [0.717, 1.165) is 32.7 Å². The monoisotopic (exact) mass is 229 g/mol. The van der Waals surface area contributed by atoms with Crippen molar-refractivity contribution in [1.29, 1.82) is 0 Å². The van der Waals surface area contributed by atoms with Crippen molar-refractivity contribution in [1.82, 2.24) is 15.1 Å². The summed E-state index contributed by atoms with van der Waals surface area (Å²) in [6, 6.07) is 0. The molecule has 1 aliphatic heterocycles. The Bertz CT molecular complexity index is 215. The van der Waals surface area contributed by atoms with Crippen LogP contribution in [0.5, 0.6) is 0 Å². The van der Waals surface area contributed by atoms with Gasteiger partial charge in [-0.1, -0.05) is 0 Å². The SMILES string of the molecule is CNCC(C)OCC(=O)N1CCN(C)CC1. The van der Waals surface area contributed by atoms with E-state index in [2.05, 4.69) is 17.3 Å². The molecule has 0 aromatic heterocycles. The predicted molar refractivity (Wildman–Crippen MR) is 63.4 cm³/mol. The largest absolute Gasteiger partial charge is 0.367 e. The number of likely N-dealkylation sites (N-methyl/N-ethyl adjacent to an activating group) is 2. The van der Waals surface area contributed by atoms with Crippen molar-refractivity contribution in [2.24, 2.45) is 0 Å². The van der Waals surface area contributed by atoms with Crippen LogP contribution >= 0.6 is 0 Å². The van der Waals surface area contributed by atoms with Crippen LogP contribution in [0, 0.1) is 0 Å². The lowest BCUT2D eigenvalue weighted by molar-refractivity contribution is -0.139. The molecule has 16 heavy (non-hydrogen) atoms. The fourth-order valence-electron chi connectivity index (χ4n) is 1.71. The van der Waals surface area contributed by atoms with Gasteiger partial charge in [0.15, 0.2) is 0 Å². The molecular weight excluding hydrogens is 206 g/mol. The van der Waals surface area contributed by atoms with E-state index in [0.29, 0.717) is 0 Å². The number of carbonyl (C=O) groups is 1. The van der Waals surface area contributed by atoms with Crippen molar-refractivity contribution in [2.75, 3.05) is 53.4 Å². The molecule has 1 N–H and O–H groups in total. The smallest absolute Gasteiger partial charge is 0.248 e. The molecule has 1 rings (SSSR count). The van der Waals surface area contributed by atoms with Gasteiger partial charge in [0.05, 0.1) is 6.10 Å². The van der Waals surface area contributed by atoms with Crippen LogP contribution in [0.2, 0.25) is 0 Å². The summed E-state index contributed by atoms with van der Waals surface area (Å²) in [4.78, 5) is 15.9. The summed E-state index contributed by atoms with van der Waals surface area (Å²) in [6.07, 6.45) is 0.0846. The van der Waals surface area contributed by atoms with Gasteiger partial charge in [0.25, 0.3) is 0 Å². The molecule has 94 valence electrons. The topological polar surface area (TPSA) is 44.8 Å². The molecule has 0 saturated carbocycles. The molecule has 0 spiro atoms. The van der Waals surface area contributed by atoms with Gasteiger partial charge >= 0.3 is 0 Å². The Morgan fingerprint density at radius 2 is 2.00 bits per heavy atom. The molecule has 0 bridgehead atoms. The Balaban J connectivity index is 2.19. The average molecular weight is 229 g/mol. The zero-order valence-electron chi connectivity index (χ0n) is 10.5. The fourth-order valence-corrected chi connectivity index (χ4v) is 1.71. The van der Waals surface area contributed by atoms with Gasteiger partial charge in [0, 0.05) is 32.7 Å². The third-order valence-electron chi connectivity index (χ3n) is 2.84. The lowest BCUT2D eigenvalue weighted by Gasteiger charge is -2.32. The Morgan fingerprint density at radius 3 is 2.56 bits per heavy atom. The van der Waals surface area contributed by atoms with Crippen molar-refractivity contribution in [2.45, 2.75) is 13.0 Å². The van der Waals surface area contributed by atoms with Crippen molar-refractivity contribution >= 4 is 5.91 Å². The van der Waals surface area contributed by atoms with Crippen LogP contribution in [0.3, 0.4) is 0 Å². The van der Waals surface area contributed by atoms with Gasteiger partial charge in [0.1, 0.15) is 6.61 Å². The summed E-state index contributed by atoms with van der Waals surface area (Å²) < 4.78 is 5.46. The van der Waals surface area contributed by atoms with E-state index >= 15 is 0 Å². The average Bonchev–Trinajstić information content (AvgIpc) is 2.27. The summed E-state index contributed by atoms with van der Waals surface area (Å²) in [5.41, 5.74) is 0. The first-order valence-electron chi connectivity index (χ1n) is 5.86. The second-order valence-corrected chi connectivity index (χ2v) is 4.36. The zero-order valence-corrected chi connectivity index (χ0v) is 10.5. The number of nitrogens with one attached hydrogen (secondary N) is 1. The van der Waals surface area contributed by atoms with Crippen molar-refractivity contribution < 1.29 is 9.53 Å². The number of nitrogens with zero attached hydrogens (tertiary/aromatic N) is 2. The van der Waals surface area contributed by atoms with Gasteiger partial charge in [-0.3, -0.25) is 4.79 Å². The zero-order chi connectivity index (χ0) is 12.0. The van der Waals surface area contributed by atoms with Gasteiger partial charge in [-0.05, 0) is 21.0 Å². The van der Waals surface area contributed by atoms with Gasteiger partial charge in [-0.15, -0.1) is 0 Å². The van der Waals surface area contributed by atoms with Crippen LogP contribution in [-0.2, 0) is 9.53 Å². The van der Waals surface area contributed by atoms with E-state index in [4.69, 9.17) is 4.74 Å². The molecule has 1 saturated heterocycles. The number of carbonyl (C=O) groups excluding carboxylic acids is 1. The van der Waals surface area contributed by atoms with E-state index in [1.165, 1.54) is 0 Å². The second-order valence-electron chi connectivity index (χ2n) is 4.36. The van der Waals surface area contributed by atoms with E-state index in [1.807, 2.05) is 18.9 Å². The number of ether oxygens (including phenoxy) is 1. The first-order valence-corrected chi connectivity index (χ1v) is 5.86. The number of amides is 1. The third-order valence-corrected chi connectivity index (χ3v) is 2.84. The van der Waals surface area contributed by atoms with Crippen LogP contribution in [0.25, 0.3) is 0 Å². The Hall–Kier alpha value is -0.650. The molecule has 1 aliphatic rings. The van der Waals surface area contributed by atoms with Gasteiger partial charge in [0.2, 0.25) is 5.91 Å². The number of rotatable bonds is 5. The molecule has 0 aromatic carbocycles. The lowest BCUT2D eigenvalue weighted by atomic mass is 10.3. The molecule has 1 fully saturated rings. The van der Waals surface area contributed by atoms with Gasteiger partial charge < -0.3 is 19.9 Å². The van der Waals surface area contributed by atoms with Crippen LogP contribution in [0.4, 0.5) is 0 Å². The fraction of sp³-hybridized carbons (Fsp3) is 0.909. The van der Waals surface area contributed by atoms with E-state index < -0.39 is 0 Å². The minimum Gasteiger partial charge on any atom is -0.367 e. The predicted octanol–water partition coefficient (Wildman–Crippen LogP) is -0.615. The molecule has 1 heterocycles. The minimum atomic E-state index is 0.0846. The minimum absolute atomic E-state index is 0.0846. The maximum atomic E-state index is 11.8. The number of hydrogen-bond donors (Lipinski definition) is 1. The highest BCUT2D eigenvalue weighted by atomic mass is 16.5. The number of piperazine rings is 1. The van der Waals surface area contributed by atoms with Crippen molar-refractivity contribution in [3.8, 4) is 0 Å². The van der Waals surface area contributed by atoms with Crippen molar-refractivity contribution in [3.63, 3.8) is 0 Å². The molecule has 1 atom stereocenters. The molecular formula is C11H23N3O2. The van der Waals surface area contributed by atoms with E-state index in [9.17, 15) is 4.79 Å². The standard InChI is InChI=1S/C11H23N3O2/c1-10(8-12-2)16-9-11(15)14-6-4-13(3)5-7-14/h10,12H,4-9H2,1-3H3. The molecule has 5 nitrogen and oxygen atoms in total. The summed E-state index contributed by atoms with van der Waals surface area (Å²) >= 11 is 0. The highest BCUT2D eigenvalue weighted by molar-refractivity contribution is 5.77. The maximum absolute atomic E-state index is 11.8. The van der Waals surface area contributed by atoms with Crippen molar-refractivity contribution in [3.05, 3.63) is 0 Å². The van der Waals surface area contributed by atoms with Crippen LogP contribution < -0.4 is 5.32 Å². The molecule has 0 aromatic rings. The first-order chi connectivity index (χ1) is 7.63. The van der Waals surface area contributed by atoms with E-state index in [-0.39, 0.29) is 18.6 Å². The second kappa shape index (κ2) is 6.83. The van der Waals surface area contributed by atoms with E-state index in [1.54, 1.807) is 0 Å². The normalized spacial score (nSPS) is 19.8. The molecule has 0 radical (unpaired) electrons. The van der Waals surface area contributed by atoms with Gasteiger partial charge in [-0.25, -0.2) is 0 Å². The summed E-state index contributed by atoms with van der Waals surface area (Å²) in [7, 11) is 3.95. The summed E-state index contributed by atoms with van der Waals surface area (Å²) in [5, 5.41) is 3.02. The van der Waals surface area contributed by atoms with Crippen LogP contribution in [0.1, 0.15) is 6.92 Å². The third kappa shape index (κ3) is 4.47. The highest BCUT2D eigenvalue weighted by Gasteiger charge is 2.19. The van der Waals surface area contributed by atoms with Crippen LogP contribution in [-0.4, -0.2) is 75.2 Å². The molecule has 0 aliphatic carbocycles. The molecule has 1 unspecified atom stereocenters. The van der Waals surface area contributed by atoms with Crippen LogP contribution in [0.15, 0.2) is 0 Å². The Kier molecular flexibility index (Phi) is 5.73. The Morgan fingerprint density at radius 1 is 1.38 bits per heavy atom. The number of hydrogen-bond acceptors (Lipinski definition) is 4. The maximum Gasteiger partial charge on any atom is 0.248 e.